The summed E-state index contributed by atoms with van der Waals surface area (Å²) in [5.41, 5.74) is 0.125. The number of anilines is 1. The Morgan fingerprint density at radius 3 is 2.37 bits per heavy atom. The number of likely N-dealkylation sites (tertiary alicyclic amines) is 1. The number of carbonyl (C=O) groups is 3. The van der Waals surface area contributed by atoms with Gasteiger partial charge in [0.05, 0.1) is 42.2 Å². The molecule has 51 heavy (non-hydrogen) atoms. The highest BCUT2D eigenvalue weighted by atomic mass is 16.5. The van der Waals surface area contributed by atoms with Crippen LogP contribution in [0.15, 0.2) is 103 Å². The number of rotatable bonds is 9. The molecular formula is C39H40N6O6. The van der Waals surface area contributed by atoms with Crippen LogP contribution in [0.1, 0.15) is 31.9 Å². The molecule has 1 spiro atoms. The molecule has 6 atom stereocenters. The molecule has 4 aliphatic rings. The number of amides is 3. The Morgan fingerprint density at radius 1 is 0.882 bits per heavy atom. The molecule has 4 aliphatic heterocycles. The highest BCUT2D eigenvalue weighted by Gasteiger charge is 2.76. The summed E-state index contributed by atoms with van der Waals surface area (Å²) in [6.07, 6.45) is 7.90. The Bertz CT molecular complexity index is 2030. The first kappa shape index (κ1) is 32.9. The lowest BCUT2D eigenvalue weighted by Crippen LogP contribution is -2.57. The number of fused-ring (bicyclic) bond motifs is 3. The molecule has 12 heteroatoms. The summed E-state index contributed by atoms with van der Waals surface area (Å²) in [6, 6.07) is 22.0. The lowest BCUT2D eigenvalue weighted by molar-refractivity contribution is -0.156. The van der Waals surface area contributed by atoms with Gasteiger partial charge in [0, 0.05) is 18.8 Å². The van der Waals surface area contributed by atoms with Crippen LogP contribution in [0.2, 0.25) is 0 Å². The summed E-state index contributed by atoms with van der Waals surface area (Å²) in [7, 11) is 0. The Labute approximate surface area is 295 Å². The van der Waals surface area contributed by atoms with E-state index in [0.29, 0.717) is 35.5 Å². The van der Waals surface area contributed by atoms with E-state index in [4.69, 9.17) is 9.47 Å². The van der Waals surface area contributed by atoms with E-state index in [9.17, 15) is 9.90 Å². The van der Waals surface area contributed by atoms with Gasteiger partial charge in [0.15, 0.2) is 0 Å². The van der Waals surface area contributed by atoms with Crippen molar-refractivity contribution in [3.8, 4) is 5.75 Å². The average Bonchev–Trinajstić information content (AvgIpc) is 3.70. The van der Waals surface area contributed by atoms with Crippen molar-refractivity contribution >= 4 is 34.4 Å². The molecule has 0 saturated carbocycles. The van der Waals surface area contributed by atoms with E-state index in [1.54, 1.807) is 14.5 Å². The maximum atomic E-state index is 15.2. The fraction of sp³-hybridized carbons (Fsp3) is 0.359. The Morgan fingerprint density at radius 2 is 1.63 bits per heavy atom. The monoisotopic (exact) mass is 688 g/mol. The van der Waals surface area contributed by atoms with Gasteiger partial charge in [-0.25, -0.2) is 4.68 Å². The van der Waals surface area contributed by atoms with Crippen LogP contribution in [0.5, 0.6) is 5.75 Å². The third kappa shape index (κ3) is 5.07. The zero-order valence-electron chi connectivity index (χ0n) is 28.5. The number of aromatic nitrogens is 3. The molecule has 2 fully saturated rings. The van der Waals surface area contributed by atoms with Gasteiger partial charge < -0.3 is 29.3 Å². The molecule has 0 radical (unpaired) electrons. The number of nitrogens with zero attached hydrogens (tertiary/aromatic N) is 6. The first-order valence-electron chi connectivity index (χ1n) is 17.5. The van der Waals surface area contributed by atoms with Gasteiger partial charge >= 0.3 is 0 Å². The normalized spacial score (nSPS) is 27.7. The molecule has 8 rings (SSSR count). The second-order valence-electron chi connectivity index (χ2n) is 13.4. The van der Waals surface area contributed by atoms with Crippen molar-refractivity contribution in [1.29, 1.82) is 0 Å². The summed E-state index contributed by atoms with van der Waals surface area (Å²) >= 11 is 0. The van der Waals surface area contributed by atoms with Crippen LogP contribution < -0.4 is 9.64 Å². The molecule has 5 heterocycles. The minimum atomic E-state index is -1.50. The van der Waals surface area contributed by atoms with E-state index >= 15 is 9.59 Å². The summed E-state index contributed by atoms with van der Waals surface area (Å²) in [5, 5.41) is 19.5. The van der Waals surface area contributed by atoms with Crippen LogP contribution >= 0.6 is 0 Å². The summed E-state index contributed by atoms with van der Waals surface area (Å²) in [4.78, 5) is 50.0. The second kappa shape index (κ2) is 12.8. The quantitative estimate of drug-likeness (QED) is 0.263. The molecule has 2 saturated heterocycles. The molecular weight excluding hydrogens is 648 g/mol. The predicted octanol–water partition coefficient (Wildman–Crippen LogP) is 3.88. The standard InChI is InChI=1S/C39H40N6O6/c1-3-38-20-10-23-43(27-16-18-28(19-17-27)50-4-2)35(47)32(38)33-36(48)45(31(24-46)26-12-6-5-7-13-26)34-37(49)42(22-11-21-39(33,34)51-38)25-44-30-15-9-8-14-29(30)40-41-44/h5-21,31-34,46H,3-4,22-25H2,1-2H3/t31-,32+,33+,34?,38-,39+/m1/s1. The highest BCUT2D eigenvalue weighted by Crippen LogP contribution is 2.60. The van der Waals surface area contributed by atoms with Crippen molar-refractivity contribution in [3.05, 3.63) is 109 Å². The minimum absolute atomic E-state index is 0.0742. The molecule has 3 amide bonds. The maximum absolute atomic E-state index is 15.2. The third-order valence-electron chi connectivity index (χ3n) is 10.8. The minimum Gasteiger partial charge on any atom is -0.494 e. The lowest BCUT2D eigenvalue weighted by Gasteiger charge is -2.40. The fourth-order valence-corrected chi connectivity index (χ4v) is 8.54. The number of aliphatic hydroxyl groups excluding tert-OH is 1. The summed E-state index contributed by atoms with van der Waals surface area (Å²) < 4.78 is 14.5. The van der Waals surface area contributed by atoms with E-state index in [1.165, 1.54) is 4.90 Å². The Balaban J connectivity index is 1.24. The number of hydrogen-bond donors (Lipinski definition) is 1. The van der Waals surface area contributed by atoms with Crippen LogP contribution in [0, 0.1) is 11.8 Å². The van der Waals surface area contributed by atoms with Crippen molar-refractivity contribution in [3.63, 3.8) is 0 Å². The summed E-state index contributed by atoms with van der Waals surface area (Å²) in [6.45, 7) is 4.51. The largest absolute Gasteiger partial charge is 0.494 e. The number of carbonyl (C=O) groups excluding carboxylic acids is 3. The van der Waals surface area contributed by atoms with Crippen LogP contribution in [0.3, 0.4) is 0 Å². The maximum Gasteiger partial charge on any atom is 0.250 e. The van der Waals surface area contributed by atoms with Gasteiger partial charge in [-0.15, -0.1) is 5.10 Å². The number of hydrogen-bond acceptors (Lipinski definition) is 8. The average molecular weight is 689 g/mol. The lowest BCUT2D eigenvalue weighted by atomic mass is 9.73. The second-order valence-corrected chi connectivity index (χ2v) is 13.4. The van der Waals surface area contributed by atoms with Gasteiger partial charge in [0.1, 0.15) is 29.6 Å². The van der Waals surface area contributed by atoms with Crippen LogP contribution in [0.4, 0.5) is 5.69 Å². The van der Waals surface area contributed by atoms with Crippen molar-refractivity contribution in [1.82, 2.24) is 24.8 Å². The van der Waals surface area contributed by atoms with Crippen LogP contribution in [0.25, 0.3) is 11.0 Å². The number of ether oxygens (including phenoxy) is 2. The first-order valence-corrected chi connectivity index (χ1v) is 17.5. The van der Waals surface area contributed by atoms with E-state index in [0.717, 1.165) is 5.52 Å². The first-order chi connectivity index (χ1) is 24.9. The highest BCUT2D eigenvalue weighted by molar-refractivity contribution is 6.04. The molecule has 1 aromatic heterocycles. The van der Waals surface area contributed by atoms with Gasteiger partial charge in [-0.2, -0.15) is 0 Å². The van der Waals surface area contributed by atoms with Gasteiger partial charge in [0.2, 0.25) is 11.8 Å². The van der Waals surface area contributed by atoms with Gasteiger partial charge in [-0.3, -0.25) is 14.4 Å². The smallest absolute Gasteiger partial charge is 0.250 e. The molecule has 0 aliphatic carbocycles. The van der Waals surface area contributed by atoms with Crippen molar-refractivity contribution in [2.75, 3.05) is 31.2 Å². The van der Waals surface area contributed by atoms with Gasteiger partial charge in [0.25, 0.3) is 5.91 Å². The fourth-order valence-electron chi connectivity index (χ4n) is 8.54. The van der Waals surface area contributed by atoms with Crippen LogP contribution in [-0.4, -0.2) is 91.2 Å². The zero-order chi connectivity index (χ0) is 35.3. The summed E-state index contributed by atoms with van der Waals surface area (Å²) in [5.74, 6) is -2.36. The van der Waals surface area contributed by atoms with E-state index < -0.39 is 47.6 Å². The van der Waals surface area contributed by atoms with E-state index in [1.807, 2.05) is 117 Å². The van der Waals surface area contributed by atoms with Crippen molar-refractivity contribution in [2.24, 2.45) is 11.8 Å². The molecule has 1 N–H and O–H groups in total. The number of aliphatic hydroxyl groups is 1. The van der Waals surface area contributed by atoms with Gasteiger partial charge in [-0.05, 0) is 55.3 Å². The SMILES string of the molecule is CCOc1ccc(N2CC=C[C@@]3(CC)O[C@]45C=CCN(Cn6nnc7ccccc76)C(=O)C4N([C@H](CO)c4ccccc4)C(=O)[C@@H]5[C@H]3C2=O)cc1. The molecule has 0 bridgehead atoms. The van der Waals surface area contributed by atoms with E-state index in [2.05, 4.69) is 10.3 Å². The van der Waals surface area contributed by atoms with Crippen LogP contribution in [-0.2, 0) is 25.8 Å². The molecule has 1 unspecified atom stereocenters. The van der Waals surface area contributed by atoms with Gasteiger partial charge in [-0.1, -0.05) is 78.9 Å². The topological polar surface area (TPSA) is 130 Å². The Hall–Kier alpha value is -5.33. The van der Waals surface area contributed by atoms with E-state index in [-0.39, 0.29) is 31.6 Å². The molecule has 3 aromatic carbocycles. The number of para-hydroxylation sites is 1. The molecule has 262 valence electrons. The molecule has 4 aromatic rings. The zero-order valence-corrected chi connectivity index (χ0v) is 28.5. The Kier molecular flexibility index (Phi) is 8.23. The predicted molar refractivity (Wildman–Crippen MR) is 188 cm³/mol. The van der Waals surface area contributed by atoms with Crippen molar-refractivity contribution in [2.45, 2.75) is 50.2 Å². The number of benzene rings is 3. The third-order valence-corrected chi connectivity index (χ3v) is 10.8. The van der Waals surface area contributed by atoms with Crippen molar-refractivity contribution < 1.29 is 29.0 Å². The molecule has 12 nitrogen and oxygen atoms in total.